The van der Waals surface area contributed by atoms with E-state index in [-0.39, 0.29) is 23.0 Å². The summed E-state index contributed by atoms with van der Waals surface area (Å²) in [5.41, 5.74) is 1.36. The smallest absolute Gasteiger partial charge is 0.291 e. The van der Waals surface area contributed by atoms with Gasteiger partial charge in [-0.15, -0.1) is 16.4 Å². The fraction of sp³-hybridized carbons (Fsp3) is 0.269. The molecule has 9 heteroatoms. The molecule has 3 heterocycles. The van der Waals surface area contributed by atoms with Gasteiger partial charge in [-0.1, -0.05) is 24.3 Å². The minimum atomic E-state index is -0.387. The van der Waals surface area contributed by atoms with E-state index in [9.17, 15) is 9.18 Å². The molecule has 7 nitrogen and oxygen atoms in total. The third-order valence-electron chi connectivity index (χ3n) is 6.34. The van der Waals surface area contributed by atoms with Crippen LogP contribution in [0.15, 0.2) is 66.0 Å². The molecule has 0 spiro atoms. The monoisotopic (exact) mass is 492 g/mol. The molecule has 2 aromatic heterocycles. The number of nitrogens with zero attached hydrogens (tertiary/aromatic N) is 3. The van der Waals surface area contributed by atoms with Gasteiger partial charge in [-0.2, -0.15) is 0 Å². The summed E-state index contributed by atoms with van der Waals surface area (Å²) in [5.74, 6) is 0.550. The summed E-state index contributed by atoms with van der Waals surface area (Å²) in [6, 6.07) is 17.8. The molecule has 1 N–H and O–H groups in total. The van der Waals surface area contributed by atoms with Crippen molar-refractivity contribution in [3.8, 4) is 22.1 Å². The minimum Gasteiger partial charge on any atom is -0.497 e. The maximum absolute atomic E-state index is 13.9. The molecule has 1 aliphatic heterocycles. The highest BCUT2D eigenvalue weighted by atomic mass is 32.1. The Kier molecular flexibility index (Phi) is 6.61. The minimum absolute atomic E-state index is 0.0367. The molecular weight excluding hydrogens is 467 g/mol. The van der Waals surface area contributed by atoms with Crippen molar-refractivity contribution >= 4 is 17.2 Å². The first-order valence-corrected chi connectivity index (χ1v) is 12.2. The highest BCUT2D eigenvalue weighted by molar-refractivity contribution is 7.13. The van der Waals surface area contributed by atoms with Crippen molar-refractivity contribution < 1.29 is 18.7 Å². The summed E-state index contributed by atoms with van der Waals surface area (Å²) in [6.07, 6.45) is 1.57. The van der Waals surface area contributed by atoms with E-state index in [4.69, 9.17) is 9.47 Å². The van der Waals surface area contributed by atoms with Gasteiger partial charge in [0, 0.05) is 25.2 Å². The van der Waals surface area contributed by atoms with Gasteiger partial charge in [-0.05, 0) is 60.2 Å². The predicted octanol–water partition coefficient (Wildman–Crippen LogP) is 4.62. The summed E-state index contributed by atoms with van der Waals surface area (Å²) in [5, 5.41) is 9.42. The average molecular weight is 493 g/mol. The number of benzene rings is 2. The maximum atomic E-state index is 13.9. The lowest BCUT2D eigenvalue weighted by Gasteiger charge is -2.37. The van der Waals surface area contributed by atoms with Gasteiger partial charge in [0.1, 0.15) is 11.6 Å². The van der Waals surface area contributed by atoms with E-state index in [1.54, 1.807) is 19.2 Å². The van der Waals surface area contributed by atoms with Gasteiger partial charge < -0.3 is 14.8 Å². The van der Waals surface area contributed by atoms with Crippen LogP contribution in [0.5, 0.6) is 5.75 Å². The Morgan fingerprint density at radius 3 is 2.66 bits per heavy atom. The molecule has 0 bridgehead atoms. The van der Waals surface area contributed by atoms with Crippen LogP contribution >= 0.6 is 11.3 Å². The Morgan fingerprint density at radius 2 is 1.97 bits per heavy atom. The first-order valence-electron chi connectivity index (χ1n) is 11.4. The summed E-state index contributed by atoms with van der Waals surface area (Å²) in [4.78, 5) is 18.6. The Balaban J connectivity index is 1.42. The van der Waals surface area contributed by atoms with E-state index in [1.165, 1.54) is 28.2 Å². The second kappa shape index (κ2) is 9.97. The SMILES string of the molecule is COc1ccc(C2(CNC(=O)c3nc(-c4cccs4)n(-c4cccc(F)c4)n3)CCOCC2)cc1. The van der Waals surface area contributed by atoms with Crippen LogP contribution in [0.4, 0.5) is 4.39 Å². The molecule has 1 saturated heterocycles. The van der Waals surface area contributed by atoms with Crippen LogP contribution in [0.1, 0.15) is 29.0 Å². The molecule has 1 fully saturated rings. The van der Waals surface area contributed by atoms with Gasteiger partial charge in [0.2, 0.25) is 5.82 Å². The Morgan fingerprint density at radius 1 is 1.17 bits per heavy atom. The highest BCUT2D eigenvalue weighted by Crippen LogP contribution is 2.35. The fourth-order valence-corrected chi connectivity index (χ4v) is 5.06. The van der Waals surface area contributed by atoms with Gasteiger partial charge in [-0.25, -0.2) is 14.1 Å². The molecule has 4 aromatic rings. The van der Waals surface area contributed by atoms with E-state index >= 15 is 0 Å². The number of aromatic nitrogens is 3. The second-order valence-electron chi connectivity index (χ2n) is 8.43. The van der Waals surface area contributed by atoms with Crippen LogP contribution < -0.4 is 10.1 Å². The molecule has 0 radical (unpaired) electrons. The standard InChI is InChI=1S/C26H25FN4O3S/c1-33-21-9-7-18(8-10-21)26(11-13-34-14-12-26)17-28-25(32)23-29-24(22-6-3-15-35-22)31(30-23)20-5-2-4-19(27)16-20/h2-10,15-16H,11-14,17H2,1H3,(H,28,32). The first-order chi connectivity index (χ1) is 17.1. The molecular formula is C26H25FN4O3S. The lowest BCUT2D eigenvalue weighted by molar-refractivity contribution is 0.0486. The van der Waals surface area contributed by atoms with Crippen molar-refractivity contribution in [3.63, 3.8) is 0 Å². The summed E-state index contributed by atoms with van der Waals surface area (Å²) in [6.45, 7) is 1.66. The highest BCUT2D eigenvalue weighted by Gasteiger charge is 2.35. The van der Waals surface area contributed by atoms with Crippen LogP contribution in [-0.2, 0) is 10.2 Å². The molecule has 35 heavy (non-hydrogen) atoms. The van der Waals surface area contributed by atoms with Crippen molar-refractivity contribution in [2.45, 2.75) is 18.3 Å². The first kappa shape index (κ1) is 23.2. The number of thiophene rings is 1. The number of hydrogen-bond acceptors (Lipinski definition) is 6. The zero-order valence-corrected chi connectivity index (χ0v) is 20.1. The van der Waals surface area contributed by atoms with E-state index < -0.39 is 0 Å². The fourth-order valence-electron chi connectivity index (χ4n) is 4.36. The van der Waals surface area contributed by atoms with Crippen LogP contribution in [-0.4, -0.2) is 47.5 Å². The second-order valence-corrected chi connectivity index (χ2v) is 9.38. The number of methoxy groups -OCH3 is 1. The van der Waals surface area contributed by atoms with Crippen molar-refractivity contribution in [1.29, 1.82) is 0 Å². The Bertz CT molecular complexity index is 1300. The molecule has 0 unspecified atom stereocenters. The van der Waals surface area contributed by atoms with Gasteiger partial charge in [-0.3, -0.25) is 4.79 Å². The van der Waals surface area contributed by atoms with E-state index in [0.717, 1.165) is 29.0 Å². The van der Waals surface area contributed by atoms with Gasteiger partial charge in [0.15, 0.2) is 5.82 Å². The van der Waals surface area contributed by atoms with E-state index in [1.807, 2.05) is 41.8 Å². The van der Waals surface area contributed by atoms with Gasteiger partial charge in [0.05, 0.1) is 17.7 Å². The predicted molar refractivity (Wildman–Crippen MR) is 132 cm³/mol. The van der Waals surface area contributed by atoms with Gasteiger partial charge in [0.25, 0.3) is 5.91 Å². The Hall–Kier alpha value is -3.56. The summed E-state index contributed by atoms with van der Waals surface area (Å²) >= 11 is 1.48. The largest absolute Gasteiger partial charge is 0.497 e. The number of halogens is 1. The zero-order chi connectivity index (χ0) is 24.3. The van der Waals surface area contributed by atoms with Crippen molar-refractivity contribution in [3.05, 3.63) is 83.2 Å². The van der Waals surface area contributed by atoms with Crippen molar-refractivity contribution in [2.75, 3.05) is 26.9 Å². The Labute approximate surface area is 206 Å². The third-order valence-corrected chi connectivity index (χ3v) is 7.21. The number of amides is 1. The molecule has 0 saturated carbocycles. The maximum Gasteiger partial charge on any atom is 0.291 e. The molecule has 180 valence electrons. The van der Waals surface area contributed by atoms with Crippen LogP contribution in [0.3, 0.4) is 0 Å². The summed E-state index contributed by atoms with van der Waals surface area (Å²) < 4.78 is 26.3. The number of carbonyl (C=O) groups excluding carboxylic acids is 1. The van der Waals surface area contributed by atoms with Crippen molar-refractivity contribution in [1.82, 2.24) is 20.1 Å². The molecule has 1 amide bonds. The van der Waals surface area contributed by atoms with Crippen molar-refractivity contribution in [2.24, 2.45) is 0 Å². The molecule has 5 rings (SSSR count). The van der Waals surface area contributed by atoms with Crippen LogP contribution in [0.2, 0.25) is 0 Å². The topological polar surface area (TPSA) is 78.3 Å². The van der Waals surface area contributed by atoms with Crippen LogP contribution in [0, 0.1) is 5.82 Å². The van der Waals surface area contributed by atoms with Crippen LogP contribution in [0.25, 0.3) is 16.4 Å². The molecule has 2 aromatic carbocycles. The number of ether oxygens (including phenoxy) is 2. The molecule has 0 aliphatic carbocycles. The number of rotatable bonds is 7. The zero-order valence-electron chi connectivity index (χ0n) is 19.2. The quantitative estimate of drug-likeness (QED) is 0.407. The number of carbonyl (C=O) groups is 1. The third kappa shape index (κ3) is 4.82. The number of nitrogens with one attached hydrogen (secondary N) is 1. The average Bonchev–Trinajstić information content (AvgIpc) is 3.58. The van der Waals surface area contributed by atoms with E-state index in [0.29, 0.717) is 31.3 Å². The lowest BCUT2D eigenvalue weighted by Crippen LogP contribution is -2.44. The van der Waals surface area contributed by atoms with Gasteiger partial charge >= 0.3 is 0 Å². The lowest BCUT2D eigenvalue weighted by atomic mass is 9.74. The normalized spacial score (nSPS) is 15.0. The van der Waals surface area contributed by atoms with E-state index in [2.05, 4.69) is 15.4 Å². The molecule has 1 aliphatic rings. The number of hydrogen-bond donors (Lipinski definition) is 1. The molecule has 0 atom stereocenters. The summed E-state index contributed by atoms with van der Waals surface area (Å²) in [7, 11) is 1.64.